The molecular formula is C18H24N2O2S. The largest absolute Gasteiger partial charge is 0.496 e. The maximum atomic E-state index is 5.66. The molecule has 0 aliphatic heterocycles. The van der Waals surface area contributed by atoms with E-state index in [0.717, 1.165) is 29.5 Å². The lowest BCUT2D eigenvalue weighted by atomic mass is 10.0. The molecule has 0 fully saturated rings. The number of ether oxygens (including phenoxy) is 2. The molecule has 2 aromatic carbocycles. The van der Waals surface area contributed by atoms with Gasteiger partial charge in [-0.3, -0.25) is 5.14 Å². The van der Waals surface area contributed by atoms with E-state index in [0.29, 0.717) is 12.5 Å². The number of hydrogen-bond donors (Lipinski definition) is 2. The average Bonchev–Trinajstić information content (AvgIpc) is 2.61. The lowest BCUT2D eigenvalue weighted by molar-refractivity contribution is 0.313. The van der Waals surface area contributed by atoms with Crippen LogP contribution in [0.2, 0.25) is 0 Å². The summed E-state index contributed by atoms with van der Waals surface area (Å²) in [5.74, 6) is 2.12. The molecule has 4 nitrogen and oxygen atoms in total. The van der Waals surface area contributed by atoms with Crippen molar-refractivity contribution in [3.8, 4) is 11.5 Å². The van der Waals surface area contributed by atoms with Gasteiger partial charge in [-0.25, -0.2) is 0 Å². The molecule has 0 aliphatic carbocycles. The normalized spacial score (nSPS) is 12.0. The summed E-state index contributed by atoms with van der Waals surface area (Å²) >= 11 is 1.21. The molecule has 1 unspecified atom stereocenters. The number of nitrogens with one attached hydrogen (secondary N) is 1. The fourth-order valence-electron chi connectivity index (χ4n) is 2.28. The molecule has 2 aromatic rings. The van der Waals surface area contributed by atoms with Crippen LogP contribution in [0.3, 0.4) is 0 Å². The van der Waals surface area contributed by atoms with Crippen LogP contribution in [0.5, 0.6) is 11.5 Å². The second kappa shape index (κ2) is 9.45. The van der Waals surface area contributed by atoms with E-state index < -0.39 is 0 Å². The van der Waals surface area contributed by atoms with E-state index in [2.05, 4.69) is 24.4 Å². The lowest BCUT2D eigenvalue weighted by Gasteiger charge is -2.15. The first kappa shape index (κ1) is 17.7. The summed E-state index contributed by atoms with van der Waals surface area (Å²) in [7, 11) is 1.67. The van der Waals surface area contributed by atoms with Crippen molar-refractivity contribution in [2.75, 3.05) is 26.8 Å². The van der Waals surface area contributed by atoms with Crippen molar-refractivity contribution in [1.82, 2.24) is 5.32 Å². The van der Waals surface area contributed by atoms with Crippen LogP contribution in [0.1, 0.15) is 18.4 Å². The molecule has 1 atom stereocenters. The summed E-state index contributed by atoms with van der Waals surface area (Å²) in [6, 6.07) is 16.0. The first-order chi connectivity index (χ1) is 11.2. The Balaban J connectivity index is 1.75. The molecule has 0 spiro atoms. The third-order valence-electron chi connectivity index (χ3n) is 3.62. The van der Waals surface area contributed by atoms with Crippen molar-refractivity contribution in [2.24, 2.45) is 5.14 Å². The predicted octanol–water partition coefficient (Wildman–Crippen LogP) is 3.43. The Bertz CT molecular complexity index is 593. The number of benzene rings is 2. The van der Waals surface area contributed by atoms with Gasteiger partial charge in [0.25, 0.3) is 0 Å². The minimum Gasteiger partial charge on any atom is -0.496 e. The van der Waals surface area contributed by atoms with Crippen molar-refractivity contribution < 1.29 is 9.47 Å². The molecule has 0 aliphatic rings. The van der Waals surface area contributed by atoms with Crippen molar-refractivity contribution in [1.29, 1.82) is 0 Å². The quantitative estimate of drug-likeness (QED) is 0.544. The maximum absolute atomic E-state index is 5.66. The third-order valence-corrected chi connectivity index (χ3v) is 4.22. The third kappa shape index (κ3) is 5.46. The van der Waals surface area contributed by atoms with Gasteiger partial charge in [0.2, 0.25) is 0 Å². The molecule has 0 bridgehead atoms. The Hall–Kier alpha value is -1.69. The van der Waals surface area contributed by atoms with Gasteiger partial charge in [-0.15, -0.1) is 0 Å². The van der Waals surface area contributed by atoms with Crippen molar-refractivity contribution >= 4 is 11.9 Å². The van der Waals surface area contributed by atoms with Crippen LogP contribution in [-0.4, -0.2) is 26.8 Å². The molecule has 23 heavy (non-hydrogen) atoms. The standard InChI is InChI=1S/C18H24N2O2S/c1-14(15-8-9-18(23-19)17(12-15)21-2)13-20-10-11-22-16-6-4-3-5-7-16/h3-9,12,14,20H,10-11,13,19H2,1-2H3. The van der Waals surface area contributed by atoms with Crippen LogP contribution < -0.4 is 19.9 Å². The summed E-state index contributed by atoms with van der Waals surface area (Å²) in [5, 5.41) is 9.05. The van der Waals surface area contributed by atoms with Gasteiger partial charge in [-0.2, -0.15) is 0 Å². The van der Waals surface area contributed by atoms with Gasteiger partial charge in [-0.1, -0.05) is 31.2 Å². The number of methoxy groups -OCH3 is 1. The Kier molecular flexibility index (Phi) is 7.26. The number of rotatable bonds is 9. The highest BCUT2D eigenvalue weighted by molar-refractivity contribution is 7.97. The van der Waals surface area contributed by atoms with Gasteiger partial charge < -0.3 is 14.8 Å². The van der Waals surface area contributed by atoms with E-state index >= 15 is 0 Å². The fraction of sp³-hybridized carbons (Fsp3) is 0.333. The van der Waals surface area contributed by atoms with Crippen LogP contribution in [0.4, 0.5) is 0 Å². The van der Waals surface area contributed by atoms with Gasteiger partial charge >= 0.3 is 0 Å². The highest BCUT2D eigenvalue weighted by Crippen LogP contribution is 2.29. The van der Waals surface area contributed by atoms with E-state index in [-0.39, 0.29) is 0 Å². The Morgan fingerprint density at radius 1 is 1.17 bits per heavy atom. The summed E-state index contributed by atoms with van der Waals surface area (Å²) in [5.41, 5.74) is 1.23. The van der Waals surface area contributed by atoms with Crippen LogP contribution in [-0.2, 0) is 0 Å². The fourth-order valence-corrected chi connectivity index (χ4v) is 2.69. The first-order valence-corrected chi connectivity index (χ1v) is 8.55. The zero-order chi connectivity index (χ0) is 16.5. The molecule has 0 radical (unpaired) electrons. The topological polar surface area (TPSA) is 56.5 Å². The molecule has 0 saturated carbocycles. The van der Waals surface area contributed by atoms with Crippen LogP contribution >= 0.6 is 11.9 Å². The minimum atomic E-state index is 0.387. The number of hydrogen-bond acceptors (Lipinski definition) is 5. The van der Waals surface area contributed by atoms with Crippen LogP contribution in [0.15, 0.2) is 53.4 Å². The Labute approximate surface area is 142 Å². The molecule has 0 amide bonds. The first-order valence-electron chi connectivity index (χ1n) is 7.68. The van der Waals surface area contributed by atoms with Gasteiger partial charge in [-0.05, 0) is 47.7 Å². The Morgan fingerprint density at radius 3 is 2.65 bits per heavy atom. The summed E-state index contributed by atoms with van der Waals surface area (Å²) in [6.07, 6.45) is 0. The maximum Gasteiger partial charge on any atom is 0.134 e. The summed E-state index contributed by atoms with van der Waals surface area (Å²) < 4.78 is 11.0. The van der Waals surface area contributed by atoms with E-state index in [1.807, 2.05) is 36.4 Å². The highest BCUT2D eigenvalue weighted by Gasteiger charge is 2.09. The van der Waals surface area contributed by atoms with Crippen molar-refractivity contribution in [2.45, 2.75) is 17.7 Å². The van der Waals surface area contributed by atoms with Gasteiger partial charge in [0.15, 0.2) is 0 Å². The highest BCUT2D eigenvalue weighted by atomic mass is 32.2. The summed E-state index contributed by atoms with van der Waals surface area (Å²) in [4.78, 5) is 0.952. The second-order valence-corrected chi connectivity index (χ2v) is 5.97. The van der Waals surface area contributed by atoms with E-state index in [1.165, 1.54) is 17.5 Å². The lowest BCUT2D eigenvalue weighted by Crippen LogP contribution is -2.25. The zero-order valence-electron chi connectivity index (χ0n) is 13.6. The van der Waals surface area contributed by atoms with E-state index in [1.54, 1.807) is 7.11 Å². The van der Waals surface area contributed by atoms with Crippen molar-refractivity contribution in [3.05, 3.63) is 54.1 Å². The predicted molar refractivity (Wildman–Crippen MR) is 96.3 cm³/mol. The monoisotopic (exact) mass is 332 g/mol. The number of para-hydroxylation sites is 1. The smallest absolute Gasteiger partial charge is 0.134 e. The van der Waals surface area contributed by atoms with E-state index in [9.17, 15) is 0 Å². The molecule has 0 aromatic heterocycles. The number of nitrogens with two attached hydrogens (primary N) is 1. The van der Waals surface area contributed by atoms with Crippen LogP contribution in [0.25, 0.3) is 0 Å². The van der Waals surface area contributed by atoms with Gasteiger partial charge in [0.05, 0.1) is 12.0 Å². The molecule has 124 valence electrons. The molecular weight excluding hydrogens is 308 g/mol. The summed E-state index contributed by atoms with van der Waals surface area (Å²) in [6.45, 7) is 4.54. The Morgan fingerprint density at radius 2 is 1.96 bits per heavy atom. The molecule has 2 rings (SSSR count). The van der Waals surface area contributed by atoms with Gasteiger partial charge in [0, 0.05) is 13.1 Å². The SMILES string of the molecule is COc1cc(C(C)CNCCOc2ccccc2)ccc1SN. The zero-order valence-corrected chi connectivity index (χ0v) is 14.4. The molecule has 0 heterocycles. The van der Waals surface area contributed by atoms with Crippen molar-refractivity contribution in [3.63, 3.8) is 0 Å². The molecule has 5 heteroatoms. The second-order valence-electron chi connectivity index (χ2n) is 5.29. The van der Waals surface area contributed by atoms with E-state index in [4.69, 9.17) is 14.6 Å². The van der Waals surface area contributed by atoms with Gasteiger partial charge in [0.1, 0.15) is 18.1 Å². The minimum absolute atomic E-state index is 0.387. The molecule has 3 N–H and O–H groups in total. The molecule has 0 saturated heterocycles. The average molecular weight is 332 g/mol. The van der Waals surface area contributed by atoms with Crippen LogP contribution in [0, 0.1) is 0 Å².